The molecule has 0 aliphatic heterocycles. The Kier molecular flexibility index (Phi) is 5.51. The number of hydrogen-bond acceptors (Lipinski definition) is 3. The van der Waals surface area contributed by atoms with Crippen LogP contribution in [0.2, 0.25) is 0 Å². The number of halogens is 2. The summed E-state index contributed by atoms with van der Waals surface area (Å²) in [5, 5.41) is 0. The number of carbonyl (C=O) groups excluding carboxylic acids is 1. The average molecular weight is 321 g/mol. The topological polar surface area (TPSA) is 38.8 Å². The monoisotopic (exact) mass is 321 g/mol. The molecule has 0 fully saturated rings. The average Bonchev–Trinajstić information content (AvgIpc) is 2.55. The maximum atomic E-state index is 13.6. The second-order valence-electron chi connectivity index (χ2n) is 4.95. The number of benzene rings is 2. The summed E-state index contributed by atoms with van der Waals surface area (Å²) in [6.45, 7) is -0.136. The highest BCUT2D eigenvalue weighted by Gasteiger charge is 2.13. The minimum Gasteiger partial charge on any atom is -0.497 e. The molecule has 0 heterocycles. The van der Waals surface area contributed by atoms with Crippen molar-refractivity contribution in [1.82, 2.24) is 4.90 Å². The highest BCUT2D eigenvalue weighted by Crippen LogP contribution is 2.17. The molecule has 23 heavy (non-hydrogen) atoms. The van der Waals surface area contributed by atoms with Gasteiger partial charge in [0, 0.05) is 25.2 Å². The maximum Gasteiger partial charge on any atom is 0.260 e. The third-order valence-corrected chi connectivity index (χ3v) is 3.27. The molecule has 0 aliphatic rings. The Hall–Kier alpha value is -2.63. The van der Waals surface area contributed by atoms with Crippen molar-refractivity contribution in [2.24, 2.45) is 0 Å². The van der Waals surface area contributed by atoms with Gasteiger partial charge in [-0.2, -0.15) is 0 Å². The van der Waals surface area contributed by atoms with Crippen LogP contribution < -0.4 is 9.47 Å². The van der Waals surface area contributed by atoms with Crippen molar-refractivity contribution in [2.45, 2.75) is 6.54 Å². The first kappa shape index (κ1) is 16.7. The second kappa shape index (κ2) is 7.58. The number of amides is 1. The standard InChI is InChI=1S/C17H17F2NO3/c1-20(10-12-3-4-13(18)9-16(12)19)17(21)11-23-15-7-5-14(22-2)6-8-15/h3-9H,10-11H2,1-2H3. The van der Waals surface area contributed by atoms with E-state index in [2.05, 4.69) is 0 Å². The smallest absolute Gasteiger partial charge is 0.260 e. The fourth-order valence-electron chi connectivity index (χ4n) is 1.92. The number of nitrogens with zero attached hydrogens (tertiary/aromatic N) is 1. The molecule has 0 radical (unpaired) electrons. The van der Waals surface area contributed by atoms with Gasteiger partial charge < -0.3 is 14.4 Å². The lowest BCUT2D eigenvalue weighted by molar-refractivity contribution is -0.132. The zero-order valence-corrected chi connectivity index (χ0v) is 12.9. The van der Waals surface area contributed by atoms with Crippen LogP contribution in [-0.4, -0.2) is 31.6 Å². The van der Waals surface area contributed by atoms with Gasteiger partial charge >= 0.3 is 0 Å². The highest BCUT2D eigenvalue weighted by atomic mass is 19.1. The second-order valence-corrected chi connectivity index (χ2v) is 4.95. The maximum absolute atomic E-state index is 13.6. The molecule has 1 amide bonds. The van der Waals surface area contributed by atoms with Crippen molar-refractivity contribution in [3.63, 3.8) is 0 Å². The van der Waals surface area contributed by atoms with E-state index in [1.54, 1.807) is 31.4 Å². The summed E-state index contributed by atoms with van der Waals surface area (Å²) < 4.78 is 36.8. The third-order valence-electron chi connectivity index (χ3n) is 3.27. The van der Waals surface area contributed by atoms with E-state index in [4.69, 9.17) is 9.47 Å². The van der Waals surface area contributed by atoms with Crippen LogP contribution in [-0.2, 0) is 11.3 Å². The molecule has 0 aromatic heterocycles. The minimum absolute atomic E-state index is 0.0386. The van der Waals surface area contributed by atoms with Gasteiger partial charge in [0.25, 0.3) is 5.91 Å². The molecule has 0 aliphatic carbocycles. The lowest BCUT2D eigenvalue weighted by Gasteiger charge is -2.18. The highest BCUT2D eigenvalue weighted by molar-refractivity contribution is 5.77. The molecule has 2 aromatic carbocycles. The van der Waals surface area contributed by atoms with Crippen LogP contribution in [0.5, 0.6) is 11.5 Å². The first-order valence-corrected chi connectivity index (χ1v) is 6.94. The van der Waals surface area contributed by atoms with Crippen LogP contribution in [0, 0.1) is 11.6 Å². The normalized spacial score (nSPS) is 10.3. The Labute approximate surface area is 133 Å². The van der Waals surface area contributed by atoms with Crippen molar-refractivity contribution < 1.29 is 23.0 Å². The molecule has 2 aromatic rings. The molecular formula is C17H17F2NO3. The number of likely N-dealkylation sites (N-methyl/N-ethyl adjacent to an activating group) is 1. The number of carbonyl (C=O) groups is 1. The number of ether oxygens (including phenoxy) is 2. The molecule has 0 atom stereocenters. The molecule has 2 rings (SSSR count). The SMILES string of the molecule is COc1ccc(OCC(=O)N(C)Cc2ccc(F)cc2F)cc1. The lowest BCUT2D eigenvalue weighted by atomic mass is 10.2. The van der Waals surface area contributed by atoms with E-state index in [1.165, 1.54) is 18.0 Å². The summed E-state index contributed by atoms with van der Waals surface area (Å²) in [4.78, 5) is 13.3. The minimum atomic E-state index is -0.680. The quantitative estimate of drug-likeness (QED) is 0.821. The first-order chi connectivity index (χ1) is 11.0. The van der Waals surface area contributed by atoms with Crippen LogP contribution in [0.15, 0.2) is 42.5 Å². The van der Waals surface area contributed by atoms with E-state index < -0.39 is 11.6 Å². The molecule has 0 saturated carbocycles. The Morgan fingerprint density at radius 1 is 1.09 bits per heavy atom. The van der Waals surface area contributed by atoms with Gasteiger partial charge in [-0.3, -0.25) is 4.79 Å². The van der Waals surface area contributed by atoms with E-state index in [0.717, 1.165) is 12.1 Å². The van der Waals surface area contributed by atoms with Crippen molar-refractivity contribution >= 4 is 5.91 Å². The van der Waals surface area contributed by atoms with Crippen LogP contribution >= 0.6 is 0 Å². The first-order valence-electron chi connectivity index (χ1n) is 6.94. The van der Waals surface area contributed by atoms with E-state index in [0.29, 0.717) is 11.5 Å². The number of rotatable bonds is 6. The fraction of sp³-hybridized carbons (Fsp3) is 0.235. The zero-order chi connectivity index (χ0) is 16.8. The van der Waals surface area contributed by atoms with Crippen LogP contribution in [0.4, 0.5) is 8.78 Å². The molecule has 4 nitrogen and oxygen atoms in total. The zero-order valence-electron chi connectivity index (χ0n) is 12.9. The molecule has 0 bridgehead atoms. The Bertz CT molecular complexity index is 674. The largest absolute Gasteiger partial charge is 0.497 e. The number of methoxy groups -OCH3 is 1. The molecule has 0 spiro atoms. The van der Waals surface area contributed by atoms with E-state index in [9.17, 15) is 13.6 Å². The van der Waals surface area contributed by atoms with E-state index in [-0.39, 0.29) is 24.6 Å². The van der Waals surface area contributed by atoms with E-state index >= 15 is 0 Å². The molecule has 122 valence electrons. The summed E-state index contributed by atoms with van der Waals surface area (Å²) in [5.41, 5.74) is 0.242. The van der Waals surface area contributed by atoms with Gasteiger partial charge in [-0.05, 0) is 30.3 Å². The van der Waals surface area contributed by atoms with Gasteiger partial charge in [0.2, 0.25) is 0 Å². The Balaban J connectivity index is 1.89. The third kappa shape index (κ3) is 4.67. The number of hydrogen-bond donors (Lipinski definition) is 0. The summed E-state index contributed by atoms with van der Waals surface area (Å²) in [5.74, 6) is -0.429. The van der Waals surface area contributed by atoms with Gasteiger partial charge in [0.15, 0.2) is 6.61 Å². The predicted octanol–water partition coefficient (Wildman–Crippen LogP) is 3.01. The van der Waals surface area contributed by atoms with Crippen molar-refractivity contribution in [3.8, 4) is 11.5 Å². The molecular weight excluding hydrogens is 304 g/mol. The molecule has 0 unspecified atom stereocenters. The van der Waals surface area contributed by atoms with Crippen molar-refractivity contribution in [2.75, 3.05) is 20.8 Å². The molecule has 0 saturated heterocycles. The predicted molar refractivity (Wildman–Crippen MR) is 81.3 cm³/mol. The summed E-state index contributed by atoms with van der Waals surface area (Å²) >= 11 is 0. The Morgan fingerprint density at radius 2 is 1.74 bits per heavy atom. The van der Waals surface area contributed by atoms with Gasteiger partial charge in [-0.15, -0.1) is 0 Å². The molecule has 0 N–H and O–H groups in total. The van der Waals surface area contributed by atoms with Gasteiger partial charge in [0.1, 0.15) is 23.1 Å². The summed E-state index contributed by atoms with van der Waals surface area (Å²) in [6, 6.07) is 10.1. The van der Waals surface area contributed by atoms with Gasteiger partial charge in [-0.25, -0.2) is 8.78 Å². The summed E-state index contributed by atoms with van der Waals surface area (Å²) in [7, 11) is 3.09. The van der Waals surface area contributed by atoms with Crippen LogP contribution in [0.1, 0.15) is 5.56 Å². The van der Waals surface area contributed by atoms with Crippen molar-refractivity contribution in [3.05, 3.63) is 59.7 Å². The van der Waals surface area contributed by atoms with Crippen molar-refractivity contribution in [1.29, 1.82) is 0 Å². The fourth-order valence-corrected chi connectivity index (χ4v) is 1.92. The van der Waals surface area contributed by atoms with E-state index in [1.807, 2.05) is 0 Å². The lowest BCUT2D eigenvalue weighted by Crippen LogP contribution is -2.31. The molecule has 6 heteroatoms. The van der Waals surface area contributed by atoms with Crippen LogP contribution in [0.25, 0.3) is 0 Å². The Morgan fingerprint density at radius 3 is 2.35 bits per heavy atom. The summed E-state index contributed by atoms with van der Waals surface area (Å²) in [6.07, 6.45) is 0. The van der Waals surface area contributed by atoms with Crippen LogP contribution in [0.3, 0.4) is 0 Å². The van der Waals surface area contributed by atoms with Gasteiger partial charge in [0.05, 0.1) is 7.11 Å². The van der Waals surface area contributed by atoms with Gasteiger partial charge in [-0.1, -0.05) is 6.07 Å².